The number of piperazine rings is 1. The molecule has 1 aromatic rings. The third-order valence-electron chi connectivity index (χ3n) is 4.11. The summed E-state index contributed by atoms with van der Waals surface area (Å²) < 4.78 is 28.2. The van der Waals surface area contributed by atoms with Gasteiger partial charge in [-0.25, -0.2) is 8.42 Å². The van der Waals surface area contributed by atoms with Gasteiger partial charge in [0.2, 0.25) is 10.0 Å². The minimum absolute atomic E-state index is 0.293. The quantitative estimate of drug-likeness (QED) is 0.782. The first-order valence-corrected chi connectivity index (χ1v) is 8.45. The molecule has 1 unspecified atom stereocenters. The fourth-order valence-electron chi connectivity index (χ4n) is 2.96. The molecule has 2 fully saturated rings. The molecule has 0 spiro atoms. The van der Waals surface area contributed by atoms with E-state index in [0.717, 1.165) is 32.6 Å². The van der Waals surface area contributed by atoms with Crippen molar-refractivity contribution in [3.63, 3.8) is 0 Å². The number of hydrogen-bond acceptors (Lipinski definition) is 5. The number of nitrogens with zero attached hydrogens (tertiary/aromatic N) is 4. The van der Waals surface area contributed by atoms with Crippen LogP contribution in [0.3, 0.4) is 0 Å². The van der Waals surface area contributed by atoms with Gasteiger partial charge in [0.25, 0.3) is 0 Å². The molecule has 0 radical (unpaired) electrons. The molecule has 0 saturated carbocycles. The van der Waals surface area contributed by atoms with Crippen LogP contribution < -0.4 is 5.32 Å². The highest BCUT2D eigenvalue weighted by Gasteiger charge is 2.35. The lowest BCUT2D eigenvalue weighted by Gasteiger charge is -2.32. The van der Waals surface area contributed by atoms with Crippen LogP contribution in [0.2, 0.25) is 0 Å². The van der Waals surface area contributed by atoms with Crippen molar-refractivity contribution in [3.8, 4) is 0 Å². The topological polar surface area (TPSA) is 70.5 Å². The summed E-state index contributed by atoms with van der Waals surface area (Å²) in [6, 6.07) is 0.351. The average molecular weight is 299 g/mol. The standard InChI is InChI=1S/C12H21N5O2S/c1-15-10-12(8-14-15)20(18,19)17-5-2-11(9-17)16-6-3-13-4-7-16/h8,10-11,13H,2-7,9H2,1H3. The lowest BCUT2D eigenvalue weighted by molar-refractivity contribution is 0.179. The Balaban J connectivity index is 1.70. The van der Waals surface area contributed by atoms with Crippen LogP contribution >= 0.6 is 0 Å². The summed E-state index contributed by atoms with van der Waals surface area (Å²) in [7, 11) is -1.65. The minimum atomic E-state index is -3.38. The van der Waals surface area contributed by atoms with E-state index in [9.17, 15) is 8.42 Å². The van der Waals surface area contributed by atoms with Crippen molar-refractivity contribution in [1.82, 2.24) is 24.3 Å². The van der Waals surface area contributed by atoms with Gasteiger partial charge < -0.3 is 5.32 Å². The van der Waals surface area contributed by atoms with Crippen LogP contribution in [0.15, 0.2) is 17.3 Å². The second-order valence-corrected chi connectivity index (χ2v) is 7.38. The van der Waals surface area contributed by atoms with Crippen LogP contribution in [0, 0.1) is 0 Å². The second-order valence-electron chi connectivity index (χ2n) is 5.44. The molecule has 7 nitrogen and oxygen atoms in total. The molecule has 1 N–H and O–H groups in total. The van der Waals surface area contributed by atoms with Crippen LogP contribution in [0.25, 0.3) is 0 Å². The van der Waals surface area contributed by atoms with Crippen molar-refractivity contribution >= 4 is 10.0 Å². The zero-order valence-electron chi connectivity index (χ0n) is 11.7. The number of aromatic nitrogens is 2. The highest BCUT2D eigenvalue weighted by molar-refractivity contribution is 7.89. The van der Waals surface area contributed by atoms with Gasteiger partial charge in [0.15, 0.2) is 0 Å². The summed E-state index contributed by atoms with van der Waals surface area (Å²) in [6.07, 6.45) is 3.90. The summed E-state index contributed by atoms with van der Waals surface area (Å²) in [4.78, 5) is 2.69. The van der Waals surface area contributed by atoms with Crippen LogP contribution in [-0.4, -0.2) is 72.7 Å². The fraction of sp³-hybridized carbons (Fsp3) is 0.750. The third kappa shape index (κ3) is 2.60. The highest BCUT2D eigenvalue weighted by atomic mass is 32.2. The van der Waals surface area contributed by atoms with Gasteiger partial charge in [0.1, 0.15) is 4.90 Å². The van der Waals surface area contributed by atoms with Gasteiger partial charge in [-0.05, 0) is 6.42 Å². The molecule has 0 bridgehead atoms. The van der Waals surface area contributed by atoms with Crippen molar-refractivity contribution in [1.29, 1.82) is 0 Å². The van der Waals surface area contributed by atoms with Gasteiger partial charge >= 0.3 is 0 Å². The molecule has 2 aliphatic rings. The summed E-state index contributed by atoms with van der Waals surface area (Å²) in [5, 5.41) is 7.28. The van der Waals surface area contributed by atoms with E-state index < -0.39 is 10.0 Å². The third-order valence-corrected chi connectivity index (χ3v) is 5.93. The van der Waals surface area contributed by atoms with Gasteiger partial charge in [-0.2, -0.15) is 9.40 Å². The van der Waals surface area contributed by atoms with E-state index in [2.05, 4.69) is 15.3 Å². The van der Waals surface area contributed by atoms with Gasteiger partial charge in [-0.15, -0.1) is 0 Å². The van der Waals surface area contributed by atoms with Gasteiger partial charge in [0.05, 0.1) is 6.20 Å². The van der Waals surface area contributed by atoms with E-state index >= 15 is 0 Å². The summed E-state index contributed by atoms with van der Waals surface area (Å²) in [6.45, 7) is 5.19. The Kier molecular flexibility index (Phi) is 3.80. The number of aryl methyl sites for hydroxylation is 1. The molecule has 0 aromatic carbocycles. The van der Waals surface area contributed by atoms with Crippen LogP contribution in [0.4, 0.5) is 0 Å². The Morgan fingerprint density at radius 3 is 2.70 bits per heavy atom. The molecule has 1 atom stereocenters. The molecule has 3 rings (SSSR count). The Labute approximate surface area is 119 Å². The first kappa shape index (κ1) is 14.0. The van der Waals surface area contributed by atoms with E-state index in [-0.39, 0.29) is 0 Å². The summed E-state index contributed by atoms with van der Waals surface area (Å²) >= 11 is 0. The first-order valence-electron chi connectivity index (χ1n) is 7.01. The van der Waals surface area contributed by atoms with E-state index in [0.29, 0.717) is 24.0 Å². The van der Waals surface area contributed by atoms with Gasteiger partial charge in [-0.1, -0.05) is 0 Å². The van der Waals surface area contributed by atoms with Crippen molar-refractivity contribution in [2.24, 2.45) is 7.05 Å². The van der Waals surface area contributed by atoms with E-state index in [1.807, 2.05) is 0 Å². The van der Waals surface area contributed by atoms with Crippen molar-refractivity contribution < 1.29 is 8.42 Å². The molecule has 0 amide bonds. The number of hydrogen-bond donors (Lipinski definition) is 1. The Hall–Kier alpha value is -0.960. The maximum Gasteiger partial charge on any atom is 0.246 e. The highest BCUT2D eigenvalue weighted by Crippen LogP contribution is 2.23. The smallest absolute Gasteiger partial charge is 0.246 e. The maximum atomic E-state index is 12.5. The van der Waals surface area contributed by atoms with Gasteiger partial charge in [0, 0.05) is 58.6 Å². The molecule has 2 saturated heterocycles. The average Bonchev–Trinajstić information content (AvgIpc) is 3.09. The molecule has 1 aromatic heterocycles. The maximum absolute atomic E-state index is 12.5. The van der Waals surface area contributed by atoms with Crippen LogP contribution in [0.1, 0.15) is 6.42 Å². The lowest BCUT2D eigenvalue weighted by Crippen LogP contribution is -2.49. The van der Waals surface area contributed by atoms with Crippen LogP contribution in [-0.2, 0) is 17.1 Å². The summed E-state index contributed by atoms with van der Waals surface area (Å²) in [5.74, 6) is 0. The zero-order chi connectivity index (χ0) is 14.2. The van der Waals surface area contributed by atoms with E-state index in [1.54, 1.807) is 17.5 Å². The predicted octanol–water partition coefficient (Wildman–Crippen LogP) is -0.912. The monoisotopic (exact) mass is 299 g/mol. The minimum Gasteiger partial charge on any atom is -0.314 e. The molecule has 2 aliphatic heterocycles. The number of nitrogens with one attached hydrogen (secondary N) is 1. The molecule has 8 heteroatoms. The molecular formula is C12H21N5O2S. The SMILES string of the molecule is Cn1cc(S(=O)(=O)N2CCC(N3CCNCC3)C2)cn1. The molecule has 112 valence electrons. The fourth-order valence-corrected chi connectivity index (χ4v) is 4.43. The van der Waals surface area contributed by atoms with E-state index in [1.165, 1.54) is 10.9 Å². The first-order chi connectivity index (χ1) is 9.57. The zero-order valence-corrected chi connectivity index (χ0v) is 12.5. The second kappa shape index (κ2) is 5.44. The summed E-state index contributed by atoms with van der Waals surface area (Å²) in [5.41, 5.74) is 0. The van der Waals surface area contributed by atoms with Gasteiger partial charge in [-0.3, -0.25) is 9.58 Å². The normalized spacial score (nSPS) is 26.1. The molecular weight excluding hydrogens is 278 g/mol. The molecule has 3 heterocycles. The number of sulfonamides is 1. The Bertz CT molecular complexity index is 564. The van der Waals surface area contributed by atoms with E-state index in [4.69, 9.17) is 0 Å². The Morgan fingerprint density at radius 1 is 1.30 bits per heavy atom. The lowest BCUT2D eigenvalue weighted by atomic mass is 10.2. The number of rotatable bonds is 3. The van der Waals surface area contributed by atoms with Crippen molar-refractivity contribution in [2.75, 3.05) is 39.3 Å². The largest absolute Gasteiger partial charge is 0.314 e. The van der Waals surface area contributed by atoms with Crippen LogP contribution in [0.5, 0.6) is 0 Å². The predicted molar refractivity (Wildman–Crippen MR) is 74.8 cm³/mol. The Morgan fingerprint density at radius 2 is 2.05 bits per heavy atom. The van der Waals surface area contributed by atoms with Crippen molar-refractivity contribution in [3.05, 3.63) is 12.4 Å². The molecule has 20 heavy (non-hydrogen) atoms. The molecule has 0 aliphatic carbocycles. The van der Waals surface area contributed by atoms with Crippen molar-refractivity contribution in [2.45, 2.75) is 17.4 Å².